The molecular weight excluding hydrogens is 349 g/mol. The van der Waals surface area contributed by atoms with Crippen molar-refractivity contribution in [2.75, 3.05) is 31.5 Å². The fourth-order valence-corrected chi connectivity index (χ4v) is 3.51. The SMILES string of the molecule is O=C1Cc2c(cccc2C(=O)N2CCN(C(=O)c3ccc(F)cc3)CC2)N1. The van der Waals surface area contributed by atoms with Crippen molar-refractivity contribution in [1.29, 1.82) is 0 Å². The number of hydrogen-bond donors (Lipinski definition) is 1. The van der Waals surface area contributed by atoms with E-state index in [1.165, 1.54) is 24.3 Å². The van der Waals surface area contributed by atoms with Gasteiger partial charge < -0.3 is 15.1 Å². The van der Waals surface area contributed by atoms with E-state index in [1.54, 1.807) is 28.0 Å². The molecule has 0 spiro atoms. The van der Waals surface area contributed by atoms with Gasteiger partial charge >= 0.3 is 0 Å². The number of benzene rings is 2. The molecule has 0 atom stereocenters. The quantitative estimate of drug-likeness (QED) is 0.882. The topological polar surface area (TPSA) is 69.7 Å². The second kappa shape index (κ2) is 6.83. The van der Waals surface area contributed by atoms with Crippen LogP contribution in [-0.4, -0.2) is 53.7 Å². The maximum absolute atomic E-state index is 13.0. The predicted molar refractivity (Wildman–Crippen MR) is 97.0 cm³/mol. The molecule has 2 aliphatic rings. The molecule has 0 unspecified atom stereocenters. The van der Waals surface area contributed by atoms with Crippen molar-refractivity contribution < 1.29 is 18.8 Å². The monoisotopic (exact) mass is 367 g/mol. The molecule has 2 heterocycles. The summed E-state index contributed by atoms with van der Waals surface area (Å²) in [6.07, 6.45) is 0.209. The highest BCUT2D eigenvalue weighted by molar-refractivity contribution is 6.05. The van der Waals surface area contributed by atoms with E-state index < -0.39 is 0 Å². The van der Waals surface area contributed by atoms with Gasteiger partial charge in [-0.2, -0.15) is 0 Å². The molecule has 4 rings (SSSR count). The number of nitrogens with zero attached hydrogens (tertiary/aromatic N) is 2. The van der Waals surface area contributed by atoms with E-state index in [2.05, 4.69) is 5.32 Å². The van der Waals surface area contributed by atoms with Crippen LogP contribution in [0.1, 0.15) is 26.3 Å². The number of amides is 3. The lowest BCUT2D eigenvalue weighted by Gasteiger charge is -2.35. The molecule has 0 saturated carbocycles. The lowest BCUT2D eigenvalue weighted by Crippen LogP contribution is -2.50. The van der Waals surface area contributed by atoms with Gasteiger partial charge in [0.2, 0.25) is 5.91 Å². The van der Waals surface area contributed by atoms with Crippen LogP contribution in [0.25, 0.3) is 0 Å². The highest BCUT2D eigenvalue weighted by Crippen LogP contribution is 2.27. The molecule has 2 aromatic rings. The van der Waals surface area contributed by atoms with Crippen molar-refractivity contribution in [2.24, 2.45) is 0 Å². The van der Waals surface area contributed by atoms with E-state index in [9.17, 15) is 18.8 Å². The molecule has 1 saturated heterocycles. The first-order valence-corrected chi connectivity index (χ1v) is 8.79. The first kappa shape index (κ1) is 17.2. The van der Waals surface area contributed by atoms with E-state index in [0.29, 0.717) is 43.0 Å². The molecule has 0 aromatic heterocycles. The maximum Gasteiger partial charge on any atom is 0.254 e. The fraction of sp³-hybridized carbons (Fsp3) is 0.250. The lowest BCUT2D eigenvalue weighted by molar-refractivity contribution is -0.115. The average molecular weight is 367 g/mol. The van der Waals surface area contributed by atoms with E-state index in [1.807, 2.05) is 0 Å². The lowest BCUT2D eigenvalue weighted by atomic mass is 10.0. The molecule has 27 heavy (non-hydrogen) atoms. The zero-order chi connectivity index (χ0) is 19.0. The number of fused-ring (bicyclic) bond motifs is 1. The molecule has 0 aliphatic carbocycles. The zero-order valence-corrected chi connectivity index (χ0v) is 14.6. The van der Waals surface area contributed by atoms with Crippen molar-refractivity contribution in [1.82, 2.24) is 9.80 Å². The summed E-state index contributed by atoms with van der Waals surface area (Å²) < 4.78 is 13.0. The number of hydrogen-bond acceptors (Lipinski definition) is 3. The number of anilines is 1. The van der Waals surface area contributed by atoms with Crippen LogP contribution < -0.4 is 5.32 Å². The Kier molecular flexibility index (Phi) is 4.35. The minimum Gasteiger partial charge on any atom is -0.335 e. The second-order valence-corrected chi connectivity index (χ2v) is 6.65. The molecule has 1 fully saturated rings. The number of piperazine rings is 1. The van der Waals surface area contributed by atoms with Crippen LogP contribution in [0.3, 0.4) is 0 Å². The van der Waals surface area contributed by atoms with Crippen LogP contribution in [0.5, 0.6) is 0 Å². The van der Waals surface area contributed by atoms with Crippen LogP contribution in [0.2, 0.25) is 0 Å². The Hall–Kier alpha value is -3.22. The summed E-state index contributed by atoms with van der Waals surface area (Å²) in [6.45, 7) is 1.65. The Balaban J connectivity index is 1.43. The highest BCUT2D eigenvalue weighted by atomic mass is 19.1. The van der Waals surface area contributed by atoms with Crippen molar-refractivity contribution in [3.05, 3.63) is 65.0 Å². The average Bonchev–Trinajstić information content (AvgIpc) is 3.08. The molecule has 2 aliphatic heterocycles. The number of carbonyl (C=O) groups is 3. The second-order valence-electron chi connectivity index (χ2n) is 6.65. The van der Waals surface area contributed by atoms with Gasteiger partial charge in [-0.3, -0.25) is 14.4 Å². The summed E-state index contributed by atoms with van der Waals surface area (Å²) in [5.74, 6) is -0.792. The molecule has 2 aromatic carbocycles. The normalized spacial score (nSPS) is 16.1. The summed E-state index contributed by atoms with van der Waals surface area (Å²) in [5, 5.41) is 2.75. The first-order chi connectivity index (χ1) is 13.0. The number of carbonyl (C=O) groups excluding carboxylic acids is 3. The van der Waals surface area contributed by atoms with Crippen molar-refractivity contribution in [3.8, 4) is 0 Å². The van der Waals surface area contributed by atoms with Gasteiger partial charge in [-0.15, -0.1) is 0 Å². The highest BCUT2D eigenvalue weighted by Gasteiger charge is 2.29. The van der Waals surface area contributed by atoms with E-state index >= 15 is 0 Å². The van der Waals surface area contributed by atoms with E-state index in [4.69, 9.17) is 0 Å². The molecule has 0 radical (unpaired) electrons. The zero-order valence-electron chi connectivity index (χ0n) is 14.6. The molecule has 138 valence electrons. The van der Waals surface area contributed by atoms with Gasteiger partial charge in [-0.1, -0.05) is 6.07 Å². The molecule has 1 N–H and O–H groups in total. The molecule has 3 amide bonds. The summed E-state index contributed by atoms with van der Waals surface area (Å²) in [6, 6.07) is 10.7. The third-order valence-corrected chi connectivity index (χ3v) is 4.96. The molecule has 0 bridgehead atoms. The van der Waals surface area contributed by atoms with Crippen LogP contribution in [0.15, 0.2) is 42.5 Å². The fourth-order valence-electron chi connectivity index (χ4n) is 3.51. The molecule has 7 heteroatoms. The minimum atomic E-state index is -0.384. The predicted octanol–water partition coefficient (Wildman–Crippen LogP) is 1.92. The summed E-state index contributed by atoms with van der Waals surface area (Å²) in [4.78, 5) is 40.4. The van der Waals surface area contributed by atoms with E-state index in [0.717, 1.165) is 5.56 Å². The third-order valence-electron chi connectivity index (χ3n) is 4.96. The Labute approximate surface area is 155 Å². The number of nitrogens with one attached hydrogen (secondary N) is 1. The largest absolute Gasteiger partial charge is 0.335 e. The summed E-state index contributed by atoms with van der Waals surface area (Å²) in [5.41, 5.74) is 2.39. The number of rotatable bonds is 2. The van der Waals surface area contributed by atoms with E-state index in [-0.39, 0.29) is 30.0 Å². The van der Waals surface area contributed by atoms with Crippen LogP contribution in [0.4, 0.5) is 10.1 Å². The summed E-state index contributed by atoms with van der Waals surface area (Å²) >= 11 is 0. The Bertz CT molecular complexity index is 919. The van der Waals surface area contributed by atoms with Crippen molar-refractivity contribution >= 4 is 23.4 Å². The van der Waals surface area contributed by atoms with Gasteiger partial charge in [-0.25, -0.2) is 4.39 Å². The van der Waals surface area contributed by atoms with Crippen LogP contribution >= 0.6 is 0 Å². The smallest absolute Gasteiger partial charge is 0.254 e. The summed E-state index contributed by atoms with van der Waals surface area (Å²) in [7, 11) is 0. The van der Waals surface area contributed by atoms with Gasteiger partial charge in [0, 0.05) is 43.0 Å². The standard InChI is InChI=1S/C20H18FN3O3/c21-14-6-4-13(5-7-14)19(26)23-8-10-24(11-9-23)20(27)15-2-1-3-17-16(15)12-18(25)22-17/h1-7H,8-12H2,(H,22,25). The minimum absolute atomic E-state index is 0.111. The van der Waals surface area contributed by atoms with Gasteiger partial charge in [-0.05, 0) is 42.0 Å². The van der Waals surface area contributed by atoms with Crippen molar-refractivity contribution in [2.45, 2.75) is 6.42 Å². The van der Waals surface area contributed by atoms with Gasteiger partial charge in [0.15, 0.2) is 0 Å². The van der Waals surface area contributed by atoms with Crippen LogP contribution in [0, 0.1) is 5.82 Å². The Morgan fingerprint density at radius 1 is 0.889 bits per heavy atom. The Morgan fingerprint density at radius 2 is 1.52 bits per heavy atom. The number of halogens is 1. The van der Waals surface area contributed by atoms with Gasteiger partial charge in [0.1, 0.15) is 5.82 Å². The van der Waals surface area contributed by atoms with Crippen LogP contribution in [-0.2, 0) is 11.2 Å². The van der Waals surface area contributed by atoms with Gasteiger partial charge in [0.05, 0.1) is 6.42 Å². The maximum atomic E-state index is 13.0. The first-order valence-electron chi connectivity index (χ1n) is 8.79. The van der Waals surface area contributed by atoms with Crippen molar-refractivity contribution in [3.63, 3.8) is 0 Å². The molecular formula is C20H18FN3O3. The van der Waals surface area contributed by atoms with Gasteiger partial charge in [0.25, 0.3) is 11.8 Å². The molecule has 6 nitrogen and oxygen atoms in total. The Morgan fingerprint density at radius 3 is 2.19 bits per heavy atom. The third kappa shape index (κ3) is 3.28.